The van der Waals surface area contributed by atoms with Crippen molar-refractivity contribution in [1.82, 2.24) is 4.90 Å². The van der Waals surface area contributed by atoms with Crippen molar-refractivity contribution in [1.29, 1.82) is 0 Å². The Kier molecular flexibility index (Phi) is 5.52. The molecule has 3 atom stereocenters. The Balaban J connectivity index is 2.56. The molecule has 0 aromatic rings. The highest BCUT2D eigenvalue weighted by Crippen LogP contribution is 2.19. The van der Waals surface area contributed by atoms with Crippen molar-refractivity contribution in [2.45, 2.75) is 37.5 Å². The summed E-state index contributed by atoms with van der Waals surface area (Å²) in [6.45, 7) is 0.646. The first-order chi connectivity index (χ1) is 8.47. The fourth-order valence-electron chi connectivity index (χ4n) is 2.11. The van der Waals surface area contributed by atoms with Gasteiger partial charge in [-0.05, 0) is 12.8 Å². The molecule has 0 bridgehead atoms. The van der Waals surface area contributed by atoms with Crippen LogP contribution in [-0.4, -0.2) is 60.3 Å². The second kappa shape index (κ2) is 6.67. The minimum atomic E-state index is -0.749. The third-order valence-electron chi connectivity index (χ3n) is 3.07. The number of nitrogens with zero attached hydrogens (tertiary/aromatic N) is 1. The van der Waals surface area contributed by atoms with Crippen LogP contribution in [0.4, 0.5) is 0 Å². The molecule has 1 aliphatic rings. The van der Waals surface area contributed by atoms with Crippen LogP contribution in [0.5, 0.6) is 0 Å². The average molecular weight is 259 g/mol. The number of primary amides is 1. The van der Waals surface area contributed by atoms with Gasteiger partial charge in [0.15, 0.2) is 0 Å². The summed E-state index contributed by atoms with van der Waals surface area (Å²) in [6, 6.07) is -1.44. The van der Waals surface area contributed by atoms with Crippen LogP contribution in [0.25, 0.3) is 0 Å². The molecule has 18 heavy (non-hydrogen) atoms. The van der Waals surface area contributed by atoms with Crippen molar-refractivity contribution in [3.8, 4) is 0 Å². The third-order valence-corrected chi connectivity index (χ3v) is 3.07. The minimum Gasteiger partial charge on any atom is -0.391 e. The smallest absolute Gasteiger partial charge is 0.240 e. The number of hydrogen-bond donors (Lipinski definition) is 3. The third kappa shape index (κ3) is 3.66. The van der Waals surface area contributed by atoms with Crippen molar-refractivity contribution in [3.05, 3.63) is 0 Å². The molecule has 1 heterocycles. The second-order valence-corrected chi connectivity index (χ2v) is 4.54. The van der Waals surface area contributed by atoms with Crippen LogP contribution in [0.2, 0.25) is 0 Å². The maximum atomic E-state index is 12.0. The number of amides is 2. The number of nitrogens with two attached hydrogens (primary N) is 2. The Morgan fingerprint density at radius 1 is 1.56 bits per heavy atom. The highest BCUT2D eigenvalue weighted by atomic mass is 16.5. The number of carbonyl (C=O) groups excluding carboxylic acids is 2. The van der Waals surface area contributed by atoms with E-state index < -0.39 is 24.1 Å². The number of aliphatic hydroxyl groups excluding tert-OH is 1. The van der Waals surface area contributed by atoms with Gasteiger partial charge in [0.05, 0.1) is 12.1 Å². The molecule has 1 saturated heterocycles. The number of rotatable bonds is 6. The molecule has 1 aliphatic heterocycles. The normalized spacial score (nSPS) is 25.2. The van der Waals surface area contributed by atoms with Gasteiger partial charge >= 0.3 is 0 Å². The molecule has 0 aromatic carbocycles. The van der Waals surface area contributed by atoms with Crippen LogP contribution in [0.15, 0.2) is 0 Å². The summed E-state index contributed by atoms with van der Waals surface area (Å²) >= 11 is 0. The second-order valence-electron chi connectivity index (χ2n) is 4.54. The van der Waals surface area contributed by atoms with Gasteiger partial charge in [-0.1, -0.05) is 0 Å². The Morgan fingerprint density at radius 3 is 2.78 bits per heavy atom. The summed E-state index contributed by atoms with van der Waals surface area (Å²) in [5.41, 5.74) is 11.0. The zero-order valence-electron chi connectivity index (χ0n) is 10.5. The molecule has 0 aromatic heterocycles. The van der Waals surface area contributed by atoms with Crippen LogP contribution < -0.4 is 11.5 Å². The van der Waals surface area contributed by atoms with Gasteiger partial charge in [0, 0.05) is 26.7 Å². The Labute approximate surface area is 106 Å². The number of aliphatic hydroxyl groups is 1. The van der Waals surface area contributed by atoms with Gasteiger partial charge in [-0.2, -0.15) is 0 Å². The lowest BCUT2D eigenvalue weighted by molar-refractivity contribution is -0.138. The summed E-state index contributed by atoms with van der Waals surface area (Å²) < 4.78 is 4.88. The Morgan fingerprint density at radius 2 is 2.22 bits per heavy atom. The Hall–Kier alpha value is -1.18. The molecular formula is C11H21N3O4. The van der Waals surface area contributed by atoms with E-state index in [1.165, 1.54) is 4.90 Å². The van der Waals surface area contributed by atoms with E-state index in [9.17, 15) is 14.7 Å². The highest BCUT2D eigenvalue weighted by Gasteiger charge is 2.39. The minimum absolute atomic E-state index is 0.115. The van der Waals surface area contributed by atoms with Gasteiger partial charge in [0.25, 0.3) is 0 Å². The number of likely N-dealkylation sites (tertiary alicyclic amines) is 1. The molecule has 2 amide bonds. The number of hydrogen-bond acceptors (Lipinski definition) is 5. The molecule has 0 aliphatic carbocycles. The topological polar surface area (TPSA) is 119 Å². The van der Waals surface area contributed by atoms with Crippen molar-refractivity contribution < 1.29 is 19.4 Å². The number of methoxy groups -OCH3 is 1. The SMILES string of the molecule is COCCCC(N)C(=O)N1CC(O)CC1C(N)=O. The standard InChI is InChI=1S/C11H21N3O4/c1-18-4-2-3-8(12)11(17)14-6-7(15)5-9(14)10(13)16/h7-9,15H,2-6,12H2,1H3,(H2,13,16). The van der Waals surface area contributed by atoms with E-state index in [2.05, 4.69) is 0 Å². The van der Waals surface area contributed by atoms with Crippen molar-refractivity contribution in [3.63, 3.8) is 0 Å². The molecule has 1 fully saturated rings. The van der Waals surface area contributed by atoms with Crippen molar-refractivity contribution in [2.24, 2.45) is 11.5 Å². The van der Waals surface area contributed by atoms with E-state index in [1.807, 2.05) is 0 Å². The first-order valence-corrected chi connectivity index (χ1v) is 5.99. The lowest BCUT2D eigenvalue weighted by atomic mass is 10.1. The fourth-order valence-corrected chi connectivity index (χ4v) is 2.11. The molecule has 0 spiro atoms. The molecule has 5 N–H and O–H groups in total. The van der Waals surface area contributed by atoms with Crippen LogP contribution in [0, 0.1) is 0 Å². The number of carbonyl (C=O) groups is 2. The zero-order chi connectivity index (χ0) is 13.7. The summed E-state index contributed by atoms with van der Waals surface area (Å²) in [7, 11) is 1.58. The number of β-amino-alcohol motifs (C(OH)–C–C–N with tert-alkyl or cyclic N) is 1. The van der Waals surface area contributed by atoms with Crippen LogP contribution in [0.1, 0.15) is 19.3 Å². The molecule has 0 saturated carbocycles. The van der Waals surface area contributed by atoms with Gasteiger partial charge in [0.1, 0.15) is 6.04 Å². The van der Waals surface area contributed by atoms with E-state index >= 15 is 0 Å². The summed E-state index contributed by atoms with van der Waals surface area (Å²) in [6.07, 6.45) is 0.620. The maximum Gasteiger partial charge on any atom is 0.240 e. The van der Waals surface area contributed by atoms with Crippen LogP contribution >= 0.6 is 0 Å². The average Bonchev–Trinajstić information content (AvgIpc) is 2.70. The Bertz CT molecular complexity index is 311. The van der Waals surface area contributed by atoms with Crippen LogP contribution in [0.3, 0.4) is 0 Å². The van der Waals surface area contributed by atoms with Gasteiger partial charge in [0.2, 0.25) is 11.8 Å². The lowest BCUT2D eigenvalue weighted by Gasteiger charge is -2.25. The van der Waals surface area contributed by atoms with E-state index in [1.54, 1.807) is 7.11 Å². The predicted octanol–water partition coefficient (Wildman–Crippen LogP) is -1.81. The predicted molar refractivity (Wildman–Crippen MR) is 64.4 cm³/mol. The molecule has 0 radical (unpaired) electrons. The molecule has 1 rings (SSSR count). The molecule has 7 heteroatoms. The van der Waals surface area contributed by atoms with E-state index in [4.69, 9.17) is 16.2 Å². The fraction of sp³-hybridized carbons (Fsp3) is 0.818. The van der Waals surface area contributed by atoms with E-state index in [0.717, 1.165) is 0 Å². The van der Waals surface area contributed by atoms with Crippen LogP contribution in [-0.2, 0) is 14.3 Å². The monoisotopic (exact) mass is 259 g/mol. The summed E-state index contributed by atoms with van der Waals surface area (Å²) in [5, 5.41) is 9.50. The molecule has 3 unspecified atom stereocenters. The van der Waals surface area contributed by atoms with Gasteiger partial charge in [-0.25, -0.2) is 0 Å². The largest absolute Gasteiger partial charge is 0.391 e. The number of ether oxygens (including phenoxy) is 1. The molecular weight excluding hydrogens is 238 g/mol. The first-order valence-electron chi connectivity index (χ1n) is 5.99. The quantitative estimate of drug-likeness (QED) is 0.486. The van der Waals surface area contributed by atoms with E-state index in [0.29, 0.717) is 19.4 Å². The van der Waals surface area contributed by atoms with Gasteiger partial charge in [-0.15, -0.1) is 0 Å². The zero-order valence-corrected chi connectivity index (χ0v) is 10.5. The van der Waals surface area contributed by atoms with E-state index in [-0.39, 0.29) is 18.9 Å². The summed E-state index contributed by atoms with van der Waals surface area (Å²) in [4.78, 5) is 24.5. The lowest BCUT2D eigenvalue weighted by Crippen LogP contribution is -2.50. The van der Waals surface area contributed by atoms with Gasteiger partial charge < -0.3 is 26.2 Å². The summed E-state index contributed by atoms with van der Waals surface area (Å²) in [5.74, 6) is -0.949. The van der Waals surface area contributed by atoms with Gasteiger partial charge in [-0.3, -0.25) is 9.59 Å². The first kappa shape index (κ1) is 14.9. The molecule has 104 valence electrons. The van der Waals surface area contributed by atoms with Crippen molar-refractivity contribution in [2.75, 3.05) is 20.3 Å². The highest BCUT2D eigenvalue weighted by molar-refractivity contribution is 5.89. The van der Waals surface area contributed by atoms with Crippen molar-refractivity contribution >= 4 is 11.8 Å². The maximum absolute atomic E-state index is 12.0. The molecule has 7 nitrogen and oxygen atoms in total.